The van der Waals surface area contributed by atoms with Gasteiger partial charge in [0, 0.05) is 18.7 Å². The fourth-order valence-electron chi connectivity index (χ4n) is 1.70. The number of aromatic nitrogens is 3. The lowest BCUT2D eigenvalue weighted by Crippen LogP contribution is -2.43. The molecule has 1 N–H and O–H groups in total. The molecule has 2 heterocycles. The highest BCUT2D eigenvalue weighted by Crippen LogP contribution is 2.23. The Morgan fingerprint density at radius 3 is 2.88 bits per heavy atom. The lowest BCUT2D eigenvalue weighted by atomic mass is 10.1. The molecule has 88 valence electrons. The Labute approximate surface area is 106 Å². The summed E-state index contributed by atoms with van der Waals surface area (Å²) in [5.41, 5.74) is 1.44. The summed E-state index contributed by atoms with van der Waals surface area (Å²) in [4.78, 5) is 0. The zero-order chi connectivity index (χ0) is 11.8. The maximum atomic E-state index is 13.4. The van der Waals surface area contributed by atoms with Gasteiger partial charge in [-0.2, -0.15) is 0 Å². The molecule has 1 aliphatic rings. The zero-order valence-electron chi connectivity index (χ0n) is 8.90. The average molecular weight is 297 g/mol. The van der Waals surface area contributed by atoms with E-state index in [1.54, 1.807) is 6.07 Å². The Bertz CT molecular complexity index is 550. The van der Waals surface area contributed by atoms with Crippen LogP contribution in [0.4, 0.5) is 4.39 Å². The molecule has 4 nitrogen and oxygen atoms in total. The molecule has 2 aromatic rings. The summed E-state index contributed by atoms with van der Waals surface area (Å²) in [6.45, 7) is 1.83. The monoisotopic (exact) mass is 296 g/mol. The van der Waals surface area contributed by atoms with E-state index in [-0.39, 0.29) is 5.82 Å². The molecule has 1 aliphatic heterocycles. The Kier molecular flexibility index (Phi) is 2.68. The van der Waals surface area contributed by atoms with Crippen molar-refractivity contribution in [1.29, 1.82) is 0 Å². The minimum atomic E-state index is -0.289. The Morgan fingerprint density at radius 2 is 2.24 bits per heavy atom. The first kappa shape index (κ1) is 10.9. The van der Waals surface area contributed by atoms with Gasteiger partial charge in [0.15, 0.2) is 0 Å². The van der Waals surface area contributed by atoms with Gasteiger partial charge in [-0.05, 0) is 28.1 Å². The molecule has 17 heavy (non-hydrogen) atoms. The van der Waals surface area contributed by atoms with Crippen LogP contribution in [0.1, 0.15) is 6.04 Å². The van der Waals surface area contributed by atoms with Gasteiger partial charge in [0.2, 0.25) is 0 Å². The summed E-state index contributed by atoms with van der Waals surface area (Å²) in [6.07, 6.45) is 1.86. The van der Waals surface area contributed by atoms with Crippen LogP contribution in [0.25, 0.3) is 11.3 Å². The van der Waals surface area contributed by atoms with E-state index in [1.165, 1.54) is 6.07 Å². The van der Waals surface area contributed by atoms with Crippen molar-refractivity contribution < 1.29 is 4.39 Å². The largest absolute Gasteiger partial charge is 0.312 e. The van der Waals surface area contributed by atoms with Gasteiger partial charge in [0.25, 0.3) is 0 Å². The first-order valence-electron chi connectivity index (χ1n) is 5.32. The summed E-state index contributed by atoms with van der Waals surface area (Å²) in [7, 11) is 0. The van der Waals surface area contributed by atoms with E-state index in [0.29, 0.717) is 16.2 Å². The van der Waals surface area contributed by atoms with Crippen molar-refractivity contribution in [3.63, 3.8) is 0 Å². The predicted molar refractivity (Wildman–Crippen MR) is 65.0 cm³/mol. The maximum Gasteiger partial charge on any atom is 0.138 e. The highest BCUT2D eigenvalue weighted by atomic mass is 79.9. The second kappa shape index (κ2) is 4.19. The number of benzene rings is 1. The van der Waals surface area contributed by atoms with Gasteiger partial charge in [-0.1, -0.05) is 11.3 Å². The Balaban J connectivity index is 1.92. The number of hydrogen-bond donors (Lipinski definition) is 1. The van der Waals surface area contributed by atoms with Crippen molar-refractivity contribution >= 4 is 15.9 Å². The fraction of sp³-hybridized carbons (Fsp3) is 0.273. The molecular formula is C11H10BrFN4. The molecule has 3 rings (SSSR count). The van der Waals surface area contributed by atoms with E-state index in [9.17, 15) is 4.39 Å². The lowest BCUT2D eigenvalue weighted by Gasteiger charge is -2.26. The van der Waals surface area contributed by atoms with E-state index in [1.807, 2.05) is 16.9 Å². The summed E-state index contributed by atoms with van der Waals surface area (Å²) >= 11 is 3.13. The summed E-state index contributed by atoms with van der Waals surface area (Å²) < 4.78 is 15.7. The molecule has 1 saturated heterocycles. The van der Waals surface area contributed by atoms with Crippen LogP contribution in [-0.4, -0.2) is 28.1 Å². The topological polar surface area (TPSA) is 42.7 Å². The van der Waals surface area contributed by atoms with Crippen molar-refractivity contribution in [1.82, 2.24) is 20.3 Å². The SMILES string of the molecule is Fc1cc(-c2cn(C3CNC3)nn2)ccc1Br. The van der Waals surface area contributed by atoms with E-state index >= 15 is 0 Å². The first-order valence-corrected chi connectivity index (χ1v) is 6.11. The van der Waals surface area contributed by atoms with E-state index in [4.69, 9.17) is 0 Å². The molecule has 0 atom stereocenters. The van der Waals surface area contributed by atoms with Crippen LogP contribution in [0.3, 0.4) is 0 Å². The van der Waals surface area contributed by atoms with E-state index in [0.717, 1.165) is 18.7 Å². The fourth-order valence-corrected chi connectivity index (χ4v) is 1.95. The highest BCUT2D eigenvalue weighted by molar-refractivity contribution is 9.10. The molecule has 1 aromatic heterocycles. The molecule has 1 fully saturated rings. The minimum absolute atomic E-state index is 0.289. The van der Waals surface area contributed by atoms with Crippen molar-refractivity contribution in [2.75, 3.05) is 13.1 Å². The molecule has 0 spiro atoms. The third kappa shape index (κ3) is 1.98. The molecule has 0 amide bonds. The predicted octanol–water partition coefficient (Wildman–Crippen LogP) is 1.99. The minimum Gasteiger partial charge on any atom is -0.312 e. The van der Waals surface area contributed by atoms with E-state index < -0.39 is 0 Å². The molecule has 1 aromatic carbocycles. The third-order valence-electron chi connectivity index (χ3n) is 2.86. The zero-order valence-corrected chi connectivity index (χ0v) is 10.5. The van der Waals surface area contributed by atoms with Crippen molar-refractivity contribution in [3.05, 3.63) is 34.7 Å². The number of nitrogens with zero attached hydrogens (tertiary/aromatic N) is 3. The van der Waals surface area contributed by atoms with Gasteiger partial charge >= 0.3 is 0 Å². The Hall–Kier alpha value is -1.27. The molecule has 0 bridgehead atoms. The summed E-state index contributed by atoms with van der Waals surface area (Å²) in [5, 5.41) is 11.3. The van der Waals surface area contributed by atoms with Crippen LogP contribution in [0, 0.1) is 5.82 Å². The number of nitrogens with one attached hydrogen (secondary N) is 1. The highest BCUT2D eigenvalue weighted by Gasteiger charge is 2.20. The standard InChI is InChI=1S/C11H10BrFN4/c12-9-2-1-7(3-10(9)13)11-6-17(16-15-11)8-4-14-5-8/h1-3,6,8,14H,4-5H2. The van der Waals surface area contributed by atoms with Crippen LogP contribution in [0.15, 0.2) is 28.9 Å². The second-order valence-corrected chi connectivity index (χ2v) is 4.88. The normalized spacial score (nSPS) is 15.9. The van der Waals surface area contributed by atoms with Crippen LogP contribution >= 0.6 is 15.9 Å². The van der Waals surface area contributed by atoms with Crippen molar-refractivity contribution in [2.45, 2.75) is 6.04 Å². The van der Waals surface area contributed by atoms with Crippen LogP contribution in [0.5, 0.6) is 0 Å². The van der Waals surface area contributed by atoms with Crippen LogP contribution in [0.2, 0.25) is 0 Å². The summed E-state index contributed by atoms with van der Waals surface area (Å²) in [6, 6.07) is 5.32. The molecule has 0 aliphatic carbocycles. The maximum absolute atomic E-state index is 13.4. The molecule has 0 unspecified atom stereocenters. The van der Waals surface area contributed by atoms with Crippen LogP contribution < -0.4 is 5.32 Å². The molecular weight excluding hydrogens is 287 g/mol. The van der Waals surface area contributed by atoms with Gasteiger partial charge in [-0.25, -0.2) is 9.07 Å². The van der Waals surface area contributed by atoms with E-state index in [2.05, 4.69) is 31.6 Å². The van der Waals surface area contributed by atoms with Gasteiger partial charge in [-0.15, -0.1) is 5.10 Å². The van der Waals surface area contributed by atoms with Gasteiger partial charge in [0.1, 0.15) is 11.5 Å². The lowest BCUT2D eigenvalue weighted by molar-refractivity contribution is 0.313. The number of halogens is 2. The smallest absolute Gasteiger partial charge is 0.138 e. The van der Waals surface area contributed by atoms with Crippen molar-refractivity contribution in [3.8, 4) is 11.3 Å². The summed E-state index contributed by atoms with van der Waals surface area (Å²) in [5.74, 6) is -0.289. The second-order valence-electron chi connectivity index (χ2n) is 4.02. The number of hydrogen-bond acceptors (Lipinski definition) is 3. The number of rotatable bonds is 2. The molecule has 0 saturated carbocycles. The van der Waals surface area contributed by atoms with Gasteiger partial charge in [-0.3, -0.25) is 0 Å². The van der Waals surface area contributed by atoms with Gasteiger partial charge < -0.3 is 5.32 Å². The average Bonchev–Trinajstić information content (AvgIpc) is 2.69. The molecule has 0 radical (unpaired) electrons. The third-order valence-corrected chi connectivity index (χ3v) is 3.50. The first-order chi connectivity index (χ1) is 8.24. The Morgan fingerprint density at radius 1 is 1.41 bits per heavy atom. The van der Waals surface area contributed by atoms with Gasteiger partial charge in [0.05, 0.1) is 16.7 Å². The van der Waals surface area contributed by atoms with Crippen LogP contribution in [-0.2, 0) is 0 Å². The molecule has 6 heteroatoms. The quantitative estimate of drug-likeness (QED) is 0.922. The van der Waals surface area contributed by atoms with Crippen molar-refractivity contribution in [2.24, 2.45) is 0 Å².